The number of carbonyl (C=O) groups is 2. The van der Waals surface area contributed by atoms with Crippen LogP contribution in [0.3, 0.4) is 0 Å². The predicted molar refractivity (Wildman–Crippen MR) is 114 cm³/mol. The van der Waals surface area contributed by atoms with Crippen LogP contribution in [0.2, 0.25) is 0 Å². The monoisotopic (exact) mass is 429 g/mol. The van der Waals surface area contributed by atoms with Crippen molar-refractivity contribution in [3.8, 4) is 0 Å². The van der Waals surface area contributed by atoms with Gasteiger partial charge in [0, 0.05) is 13.5 Å². The smallest absolute Gasteiger partial charge is 0.417 e. The summed E-state index contributed by atoms with van der Waals surface area (Å²) in [6, 6.07) is 12.1. The number of hydrogen-bond acceptors (Lipinski definition) is 6. The number of methoxy groups -OCH3 is 1. The van der Waals surface area contributed by atoms with Crippen LogP contribution in [-0.4, -0.2) is 41.8 Å². The van der Waals surface area contributed by atoms with E-state index in [9.17, 15) is 14.7 Å². The fourth-order valence-corrected chi connectivity index (χ4v) is 3.83. The standard InChI is InChI=1S/C24H31NO6/c1-3-4-5-6-10-13-18-14-15-20(31-18)21(26)22(29-2)23(27)25-19(16-30-24(25)28)17-11-8-7-9-12-17/h7-9,11-12,14-15,19,21-22,26H,3-6,10,13,16H2,1-2H3/t19-,21-,22+/m1/s1. The molecule has 1 N–H and O–H groups in total. The van der Waals surface area contributed by atoms with Crippen molar-refractivity contribution in [2.45, 2.75) is 63.7 Å². The van der Waals surface area contributed by atoms with E-state index in [1.165, 1.54) is 26.4 Å². The molecular formula is C24H31NO6. The molecule has 0 radical (unpaired) electrons. The number of nitrogens with zero attached hydrogens (tertiary/aromatic N) is 1. The Morgan fingerprint density at radius 1 is 1.16 bits per heavy atom. The van der Waals surface area contributed by atoms with Crippen molar-refractivity contribution in [1.29, 1.82) is 0 Å². The Kier molecular flexibility index (Phi) is 8.26. The molecule has 3 rings (SSSR count). The van der Waals surface area contributed by atoms with Crippen molar-refractivity contribution in [1.82, 2.24) is 4.90 Å². The van der Waals surface area contributed by atoms with Gasteiger partial charge in [0.25, 0.3) is 5.91 Å². The maximum atomic E-state index is 13.2. The highest BCUT2D eigenvalue weighted by Crippen LogP contribution is 2.31. The third-order valence-electron chi connectivity index (χ3n) is 5.58. The van der Waals surface area contributed by atoms with Crippen LogP contribution >= 0.6 is 0 Å². The van der Waals surface area contributed by atoms with Crippen molar-refractivity contribution >= 4 is 12.0 Å². The summed E-state index contributed by atoms with van der Waals surface area (Å²) in [6.45, 7) is 2.24. The van der Waals surface area contributed by atoms with Crippen molar-refractivity contribution in [2.75, 3.05) is 13.7 Å². The first kappa shape index (κ1) is 23.0. The third kappa shape index (κ3) is 5.54. The minimum Gasteiger partial charge on any atom is -0.463 e. The lowest BCUT2D eigenvalue weighted by molar-refractivity contribution is -0.148. The molecule has 1 aliphatic rings. The van der Waals surface area contributed by atoms with Gasteiger partial charge in [-0.15, -0.1) is 0 Å². The summed E-state index contributed by atoms with van der Waals surface area (Å²) in [7, 11) is 1.32. The molecule has 7 nitrogen and oxygen atoms in total. The molecule has 2 amide bonds. The van der Waals surface area contributed by atoms with Gasteiger partial charge in [0.1, 0.15) is 30.3 Å². The summed E-state index contributed by atoms with van der Waals surface area (Å²) in [6.07, 6.45) is 3.15. The average Bonchev–Trinajstić information content (AvgIpc) is 3.41. The number of unbranched alkanes of at least 4 members (excludes halogenated alkanes) is 4. The summed E-state index contributed by atoms with van der Waals surface area (Å²) in [5.74, 6) is 0.340. The van der Waals surface area contributed by atoms with Crippen molar-refractivity contribution < 1.29 is 28.6 Å². The maximum Gasteiger partial charge on any atom is 0.417 e. The molecule has 1 saturated heterocycles. The number of furan rings is 1. The van der Waals surface area contributed by atoms with Crippen LogP contribution in [0.15, 0.2) is 46.9 Å². The second kappa shape index (κ2) is 11.1. The Morgan fingerprint density at radius 3 is 2.61 bits per heavy atom. The van der Waals surface area contributed by atoms with Crippen LogP contribution in [0.5, 0.6) is 0 Å². The molecule has 3 atom stereocenters. The molecule has 2 aromatic rings. The fraction of sp³-hybridized carbons (Fsp3) is 0.500. The number of hydrogen-bond donors (Lipinski definition) is 1. The lowest BCUT2D eigenvalue weighted by Gasteiger charge is -2.26. The van der Waals surface area contributed by atoms with Crippen molar-refractivity contribution in [3.05, 3.63) is 59.5 Å². The highest BCUT2D eigenvalue weighted by atomic mass is 16.6. The fourth-order valence-electron chi connectivity index (χ4n) is 3.83. The lowest BCUT2D eigenvalue weighted by atomic mass is 10.0. The first-order valence-electron chi connectivity index (χ1n) is 10.9. The number of cyclic esters (lactones) is 1. The second-order valence-electron chi connectivity index (χ2n) is 7.78. The van der Waals surface area contributed by atoms with E-state index in [2.05, 4.69) is 6.92 Å². The van der Waals surface area contributed by atoms with E-state index in [0.29, 0.717) is 0 Å². The molecule has 31 heavy (non-hydrogen) atoms. The van der Waals surface area contributed by atoms with Gasteiger partial charge in [-0.3, -0.25) is 4.79 Å². The van der Waals surface area contributed by atoms with Gasteiger partial charge in [0.05, 0.1) is 0 Å². The molecule has 168 valence electrons. The van der Waals surface area contributed by atoms with Crippen LogP contribution in [0.4, 0.5) is 4.79 Å². The molecule has 1 fully saturated rings. The average molecular weight is 430 g/mol. The SMILES string of the molecule is CCCCCCCc1ccc([C@@H](O)[C@H](OC)C(=O)N2C(=O)OC[C@@H]2c2ccccc2)o1. The zero-order valence-electron chi connectivity index (χ0n) is 18.2. The molecular weight excluding hydrogens is 398 g/mol. The second-order valence-corrected chi connectivity index (χ2v) is 7.78. The van der Waals surface area contributed by atoms with Gasteiger partial charge in [0.2, 0.25) is 0 Å². The van der Waals surface area contributed by atoms with E-state index >= 15 is 0 Å². The Bertz CT molecular complexity index is 849. The Hall–Kier alpha value is -2.64. The predicted octanol–water partition coefficient (Wildman–Crippen LogP) is 4.56. The molecule has 1 aliphatic heterocycles. The van der Waals surface area contributed by atoms with Crippen LogP contribution in [0.1, 0.15) is 68.3 Å². The molecule has 0 bridgehead atoms. The van der Waals surface area contributed by atoms with Gasteiger partial charge >= 0.3 is 6.09 Å². The molecule has 1 aromatic carbocycles. The molecule has 0 saturated carbocycles. The molecule has 0 aliphatic carbocycles. The number of rotatable bonds is 11. The number of carbonyl (C=O) groups excluding carboxylic acids is 2. The van der Waals surface area contributed by atoms with Gasteiger partial charge in [-0.05, 0) is 24.1 Å². The quantitative estimate of drug-likeness (QED) is 0.527. The number of imide groups is 1. The molecule has 1 aromatic heterocycles. The van der Waals surface area contributed by atoms with E-state index in [1.54, 1.807) is 6.07 Å². The zero-order valence-corrected chi connectivity index (χ0v) is 18.2. The normalized spacial score (nSPS) is 18.1. The first-order chi connectivity index (χ1) is 15.1. The van der Waals surface area contributed by atoms with Crippen LogP contribution in [-0.2, 0) is 20.7 Å². The maximum absolute atomic E-state index is 13.2. The number of aliphatic hydroxyl groups is 1. The van der Waals surface area contributed by atoms with E-state index in [1.807, 2.05) is 36.4 Å². The van der Waals surface area contributed by atoms with Crippen LogP contribution in [0.25, 0.3) is 0 Å². The summed E-state index contributed by atoms with van der Waals surface area (Å²) in [5.41, 5.74) is 0.773. The van der Waals surface area contributed by atoms with E-state index in [0.717, 1.165) is 35.5 Å². The summed E-state index contributed by atoms with van der Waals surface area (Å²) >= 11 is 0. The van der Waals surface area contributed by atoms with Crippen molar-refractivity contribution in [3.63, 3.8) is 0 Å². The highest BCUT2D eigenvalue weighted by Gasteiger charge is 2.44. The van der Waals surface area contributed by atoms with E-state index in [-0.39, 0.29) is 12.4 Å². The largest absolute Gasteiger partial charge is 0.463 e. The summed E-state index contributed by atoms with van der Waals surface area (Å²) in [4.78, 5) is 26.5. The summed E-state index contributed by atoms with van der Waals surface area (Å²) < 4.78 is 16.2. The number of aryl methyl sites for hydroxylation is 1. The van der Waals surface area contributed by atoms with Crippen LogP contribution < -0.4 is 0 Å². The minimum atomic E-state index is -1.34. The van der Waals surface area contributed by atoms with Gasteiger partial charge in [-0.1, -0.05) is 62.9 Å². The number of benzene rings is 1. The van der Waals surface area contributed by atoms with E-state index < -0.39 is 30.3 Å². The van der Waals surface area contributed by atoms with Gasteiger partial charge < -0.3 is 19.0 Å². The summed E-state index contributed by atoms with van der Waals surface area (Å²) in [5, 5.41) is 10.8. The molecule has 0 spiro atoms. The Balaban J connectivity index is 1.68. The number of amides is 2. The first-order valence-corrected chi connectivity index (χ1v) is 10.9. The molecule has 2 heterocycles. The molecule has 0 unspecified atom stereocenters. The van der Waals surface area contributed by atoms with Crippen LogP contribution in [0, 0.1) is 0 Å². The number of ether oxygens (including phenoxy) is 2. The minimum absolute atomic E-state index is 0.0596. The molecule has 7 heteroatoms. The van der Waals surface area contributed by atoms with E-state index in [4.69, 9.17) is 13.9 Å². The lowest BCUT2D eigenvalue weighted by Crippen LogP contribution is -2.44. The van der Waals surface area contributed by atoms with Gasteiger partial charge in [-0.2, -0.15) is 0 Å². The highest BCUT2D eigenvalue weighted by molar-refractivity contribution is 5.96. The van der Waals surface area contributed by atoms with Gasteiger partial charge in [-0.25, -0.2) is 9.69 Å². The number of aliphatic hydroxyl groups excluding tert-OH is 1. The Labute approximate surface area is 182 Å². The topological polar surface area (TPSA) is 89.2 Å². The van der Waals surface area contributed by atoms with Gasteiger partial charge in [0.15, 0.2) is 6.10 Å². The Morgan fingerprint density at radius 2 is 1.90 bits per heavy atom. The zero-order chi connectivity index (χ0) is 22.2. The third-order valence-corrected chi connectivity index (χ3v) is 5.58. The van der Waals surface area contributed by atoms with Crippen molar-refractivity contribution in [2.24, 2.45) is 0 Å².